The normalized spacial score (nSPS) is 11.4. The Morgan fingerprint density at radius 1 is 1.03 bits per heavy atom. The number of nitrogens with zero attached hydrogens (tertiary/aromatic N) is 1. The molecule has 0 saturated heterocycles. The molecule has 0 aliphatic carbocycles. The predicted molar refractivity (Wildman–Crippen MR) is 111 cm³/mol. The third kappa shape index (κ3) is 5.10. The number of aliphatic hydroxyl groups excluding tert-OH is 2. The van der Waals surface area contributed by atoms with Gasteiger partial charge >= 0.3 is 0 Å². The zero-order chi connectivity index (χ0) is 20.9. The first kappa shape index (κ1) is 20.8. The lowest BCUT2D eigenvalue weighted by molar-refractivity contribution is -0.122. The molecule has 0 aliphatic heterocycles. The van der Waals surface area contributed by atoms with Crippen LogP contribution in [0.5, 0.6) is 0 Å². The first-order chi connectivity index (χ1) is 13.9. The number of nitrogens with one attached hydrogen (secondary N) is 1. The lowest BCUT2D eigenvalue weighted by atomic mass is 9.92. The summed E-state index contributed by atoms with van der Waals surface area (Å²) in [4.78, 5) is 15.9. The van der Waals surface area contributed by atoms with Crippen molar-refractivity contribution in [3.63, 3.8) is 0 Å². The fourth-order valence-electron chi connectivity index (χ4n) is 3.18. The number of hydrogen-bond acceptors (Lipinski definition) is 5. The van der Waals surface area contributed by atoms with E-state index in [-0.39, 0.29) is 19.1 Å². The molecule has 3 aromatic rings. The minimum absolute atomic E-state index is 0.279. The Kier molecular flexibility index (Phi) is 6.46. The summed E-state index contributed by atoms with van der Waals surface area (Å²) in [6.45, 7) is 2.77. The Morgan fingerprint density at radius 2 is 1.66 bits per heavy atom. The Morgan fingerprint density at radius 3 is 2.24 bits per heavy atom. The number of carbonyl (C=O) groups excluding carboxylic acids is 1. The number of aromatic nitrogens is 1. The van der Waals surface area contributed by atoms with Crippen LogP contribution in [0.15, 0.2) is 59.2 Å². The zero-order valence-electron chi connectivity index (χ0n) is 16.7. The summed E-state index contributed by atoms with van der Waals surface area (Å²) in [5.41, 5.74) is 3.83. The van der Waals surface area contributed by atoms with E-state index in [0.717, 1.165) is 22.4 Å². The number of rotatable bonds is 8. The molecular weight excluding hydrogens is 368 g/mol. The Hall–Kier alpha value is -2.96. The monoisotopic (exact) mass is 394 g/mol. The van der Waals surface area contributed by atoms with Crippen LogP contribution in [0.3, 0.4) is 0 Å². The molecule has 29 heavy (non-hydrogen) atoms. The highest BCUT2D eigenvalue weighted by Crippen LogP contribution is 2.25. The molecule has 3 rings (SSSR count). The van der Waals surface area contributed by atoms with Crippen molar-refractivity contribution in [2.24, 2.45) is 0 Å². The second kappa shape index (κ2) is 9.03. The lowest BCUT2D eigenvalue weighted by Gasteiger charge is -2.30. The van der Waals surface area contributed by atoms with E-state index in [0.29, 0.717) is 18.7 Å². The standard InChI is InChI=1S/C23H26N2O4/c1-16-3-7-20(8-4-16)22-24-21(13-29-22)19-9-5-18(6-10-19)11-12-23(14-26,15-27)25-17(2)28/h3-10,13,26-27H,11-12,14-15H2,1-2H3,(H,25,28). The van der Waals surface area contributed by atoms with E-state index in [4.69, 9.17) is 4.42 Å². The molecule has 0 spiro atoms. The minimum Gasteiger partial charge on any atom is -0.444 e. The number of oxazole rings is 1. The van der Waals surface area contributed by atoms with Crippen LogP contribution in [0.1, 0.15) is 24.5 Å². The number of aliphatic hydroxyl groups is 2. The first-order valence-electron chi connectivity index (χ1n) is 9.57. The number of carbonyl (C=O) groups is 1. The van der Waals surface area contributed by atoms with Gasteiger partial charge in [0.25, 0.3) is 0 Å². The average molecular weight is 394 g/mol. The van der Waals surface area contributed by atoms with Gasteiger partial charge in [-0.3, -0.25) is 4.79 Å². The molecule has 6 nitrogen and oxygen atoms in total. The molecule has 0 saturated carbocycles. The van der Waals surface area contributed by atoms with Crippen LogP contribution in [0, 0.1) is 6.92 Å². The highest BCUT2D eigenvalue weighted by molar-refractivity contribution is 5.73. The molecule has 0 radical (unpaired) electrons. The van der Waals surface area contributed by atoms with Crippen molar-refractivity contribution in [1.82, 2.24) is 10.3 Å². The molecule has 6 heteroatoms. The van der Waals surface area contributed by atoms with Gasteiger partial charge in [0.2, 0.25) is 11.8 Å². The summed E-state index contributed by atoms with van der Waals surface area (Å²) in [5.74, 6) is 0.300. The number of benzene rings is 2. The predicted octanol–water partition coefficient (Wildman–Crippen LogP) is 3.11. The van der Waals surface area contributed by atoms with Crippen LogP contribution in [0.4, 0.5) is 0 Å². The molecule has 0 bridgehead atoms. The maximum atomic E-state index is 11.4. The molecule has 0 atom stereocenters. The van der Waals surface area contributed by atoms with Crippen molar-refractivity contribution in [1.29, 1.82) is 0 Å². The number of aryl methyl sites for hydroxylation is 2. The molecule has 0 unspecified atom stereocenters. The molecule has 1 aromatic heterocycles. The molecule has 3 N–H and O–H groups in total. The van der Waals surface area contributed by atoms with Crippen LogP contribution in [-0.2, 0) is 11.2 Å². The van der Waals surface area contributed by atoms with Crippen molar-refractivity contribution < 1.29 is 19.4 Å². The summed E-state index contributed by atoms with van der Waals surface area (Å²) in [5, 5.41) is 21.9. The lowest BCUT2D eigenvalue weighted by Crippen LogP contribution is -2.53. The van der Waals surface area contributed by atoms with E-state index in [9.17, 15) is 15.0 Å². The van der Waals surface area contributed by atoms with E-state index in [1.54, 1.807) is 6.26 Å². The molecular formula is C23H26N2O4. The molecule has 0 aliphatic rings. The Labute approximate surface area is 170 Å². The largest absolute Gasteiger partial charge is 0.444 e. The van der Waals surface area contributed by atoms with Gasteiger partial charge in [0, 0.05) is 18.1 Å². The van der Waals surface area contributed by atoms with E-state index in [2.05, 4.69) is 10.3 Å². The van der Waals surface area contributed by atoms with Gasteiger partial charge in [0.15, 0.2) is 0 Å². The second-order valence-electron chi connectivity index (χ2n) is 7.38. The van der Waals surface area contributed by atoms with Crippen LogP contribution >= 0.6 is 0 Å². The third-order valence-corrected chi connectivity index (χ3v) is 4.99. The summed E-state index contributed by atoms with van der Waals surface area (Å²) in [6, 6.07) is 15.9. The van der Waals surface area contributed by atoms with Gasteiger partial charge in [-0.05, 0) is 37.5 Å². The van der Waals surface area contributed by atoms with Crippen molar-refractivity contribution in [2.75, 3.05) is 13.2 Å². The highest BCUT2D eigenvalue weighted by Gasteiger charge is 2.29. The van der Waals surface area contributed by atoms with E-state index in [1.165, 1.54) is 12.5 Å². The third-order valence-electron chi connectivity index (χ3n) is 4.99. The summed E-state index contributed by atoms with van der Waals surface area (Å²) in [6.07, 6.45) is 2.68. The van der Waals surface area contributed by atoms with Gasteiger partial charge in [0.05, 0.1) is 18.8 Å². The zero-order valence-corrected chi connectivity index (χ0v) is 16.7. The van der Waals surface area contributed by atoms with Gasteiger partial charge in [0.1, 0.15) is 12.0 Å². The van der Waals surface area contributed by atoms with Crippen molar-refractivity contribution in [3.8, 4) is 22.7 Å². The molecule has 1 amide bonds. The highest BCUT2D eigenvalue weighted by atomic mass is 16.3. The maximum absolute atomic E-state index is 11.4. The quantitative estimate of drug-likeness (QED) is 0.546. The smallest absolute Gasteiger partial charge is 0.226 e. The second-order valence-corrected chi connectivity index (χ2v) is 7.38. The van der Waals surface area contributed by atoms with Gasteiger partial charge < -0.3 is 19.9 Å². The van der Waals surface area contributed by atoms with Crippen LogP contribution in [0.2, 0.25) is 0 Å². The molecule has 152 valence electrons. The van der Waals surface area contributed by atoms with Crippen molar-refractivity contribution in [2.45, 2.75) is 32.2 Å². The van der Waals surface area contributed by atoms with Crippen molar-refractivity contribution >= 4 is 5.91 Å². The SMILES string of the molecule is CC(=O)NC(CO)(CO)CCc1ccc(-c2coc(-c3ccc(C)cc3)n2)cc1. The summed E-state index contributed by atoms with van der Waals surface area (Å²) >= 11 is 0. The van der Waals surface area contributed by atoms with Gasteiger partial charge in [-0.25, -0.2) is 4.98 Å². The van der Waals surface area contributed by atoms with E-state index in [1.807, 2.05) is 55.5 Å². The molecule has 0 fully saturated rings. The van der Waals surface area contributed by atoms with Crippen LogP contribution < -0.4 is 5.32 Å². The average Bonchev–Trinajstić information content (AvgIpc) is 3.22. The number of amides is 1. The van der Waals surface area contributed by atoms with E-state index < -0.39 is 5.54 Å². The molecule has 1 heterocycles. The topological polar surface area (TPSA) is 95.6 Å². The van der Waals surface area contributed by atoms with Gasteiger partial charge in [-0.2, -0.15) is 0 Å². The van der Waals surface area contributed by atoms with E-state index >= 15 is 0 Å². The van der Waals surface area contributed by atoms with Crippen LogP contribution in [-0.4, -0.2) is 39.9 Å². The van der Waals surface area contributed by atoms with Gasteiger partial charge in [-0.1, -0.05) is 42.0 Å². The fraction of sp³-hybridized carbons (Fsp3) is 0.304. The minimum atomic E-state index is -1.01. The number of hydrogen-bond donors (Lipinski definition) is 3. The van der Waals surface area contributed by atoms with Crippen LogP contribution in [0.25, 0.3) is 22.7 Å². The maximum Gasteiger partial charge on any atom is 0.226 e. The summed E-state index contributed by atoms with van der Waals surface area (Å²) in [7, 11) is 0. The Balaban J connectivity index is 1.69. The first-order valence-corrected chi connectivity index (χ1v) is 9.57. The van der Waals surface area contributed by atoms with Gasteiger partial charge in [-0.15, -0.1) is 0 Å². The Bertz CT molecular complexity index is 942. The summed E-state index contributed by atoms with van der Waals surface area (Å²) < 4.78 is 5.63. The van der Waals surface area contributed by atoms with Crippen molar-refractivity contribution in [3.05, 3.63) is 65.9 Å². The molecule has 2 aromatic carbocycles. The fourth-order valence-corrected chi connectivity index (χ4v) is 3.18.